The second kappa shape index (κ2) is 8.53. The highest BCUT2D eigenvalue weighted by Gasteiger charge is 2.42. The van der Waals surface area contributed by atoms with Gasteiger partial charge in [0.1, 0.15) is 11.5 Å². The topological polar surface area (TPSA) is 53.0 Å². The van der Waals surface area contributed by atoms with Crippen LogP contribution in [0.1, 0.15) is 27.9 Å². The number of ether oxygens (including phenoxy) is 1. The Bertz CT molecular complexity index is 1030. The van der Waals surface area contributed by atoms with E-state index in [1.54, 1.807) is 12.1 Å². The Balaban J connectivity index is 1.14. The van der Waals surface area contributed by atoms with Crippen molar-refractivity contribution in [3.05, 3.63) is 95.6 Å². The molecule has 2 saturated heterocycles. The lowest BCUT2D eigenvalue weighted by atomic mass is 10.1. The summed E-state index contributed by atoms with van der Waals surface area (Å²) >= 11 is 0. The summed E-state index contributed by atoms with van der Waals surface area (Å²) in [4.78, 5) is 16.1. The van der Waals surface area contributed by atoms with Crippen LogP contribution < -0.4 is 4.74 Å². The quantitative estimate of drug-likeness (QED) is 0.611. The lowest BCUT2D eigenvalue weighted by molar-refractivity contribution is 0.0697. The van der Waals surface area contributed by atoms with Gasteiger partial charge < -0.3 is 9.84 Å². The fourth-order valence-electron chi connectivity index (χ4n) is 4.73. The van der Waals surface area contributed by atoms with Gasteiger partial charge in [-0.05, 0) is 53.9 Å². The van der Waals surface area contributed by atoms with E-state index in [0.717, 1.165) is 37.7 Å². The number of piperazine rings is 1. The van der Waals surface area contributed by atoms with Crippen LogP contribution in [0.4, 0.5) is 0 Å². The normalized spacial score (nSPS) is 20.8. The van der Waals surface area contributed by atoms with Crippen molar-refractivity contribution in [1.29, 1.82) is 0 Å². The molecule has 5 heteroatoms. The largest absolute Gasteiger partial charge is 0.478 e. The van der Waals surface area contributed by atoms with E-state index < -0.39 is 5.97 Å². The molecule has 2 fully saturated rings. The van der Waals surface area contributed by atoms with E-state index in [1.165, 1.54) is 17.5 Å². The molecule has 3 aromatic rings. The number of para-hydroxylation sites is 1. The van der Waals surface area contributed by atoms with Gasteiger partial charge in [0.05, 0.1) is 5.56 Å². The third-order valence-electron chi connectivity index (χ3n) is 6.34. The fraction of sp³-hybridized carbons (Fsp3) is 0.269. The van der Waals surface area contributed by atoms with Gasteiger partial charge >= 0.3 is 5.97 Å². The van der Waals surface area contributed by atoms with Crippen molar-refractivity contribution in [3.8, 4) is 11.5 Å². The summed E-state index contributed by atoms with van der Waals surface area (Å²) in [6.45, 7) is 4.01. The van der Waals surface area contributed by atoms with Crippen molar-refractivity contribution in [2.45, 2.75) is 31.6 Å². The van der Waals surface area contributed by atoms with Crippen LogP contribution >= 0.6 is 0 Å². The molecule has 0 aliphatic carbocycles. The SMILES string of the molecule is O=C(O)c1ccc(CN2C[C@@H]3C[C@H]2CN3Cc2ccc(Oc3ccccc3)cc2)cc1. The fourth-order valence-corrected chi connectivity index (χ4v) is 4.73. The molecule has 0 unspecified atom stereocenters. The van der Waals surface area contributed by atoms with E-state index in [0.29, 0.717) is 17.6 Å². The minimum absolute atomic E-state index is 0.345. The molecule has 2 aliphatic heterocycles. The first-order valence-electron chi connectivity index (χ1n) is 10.8. The molecule has 2 aliphatic rings. The van der Waals surface area contributed by atoms with Crippen LogP contribution in [0.25, 0.3) is 0 Å². The zero-order chi connectivity index (χ0) is 21.2. The zero-order valence-corrected chi connectivity index (χ0v) is 17.4. The Labute approximate surface area is 182 Å². The Hall–Kier alpha value is -3.15. The predicted octanol–water partition coefficient (Wildman–Crippen LogP) is 4.64. The maximum absolute atomic E-state index is 11.0. The minimum atomic E-state index is -0.873. The number of carboxylic acid groups (broad SMARTS) is 1. The van der Waals surface area contributed by atoms with E-state index in [-0.39, 0.29) is 0 Å². The molecule has 2 heterocycles. The summed E-state index contributed by atoms with van der Waals surface area (Å²) in [5.41, 5.74) is 2.83. The summed E-state index contributed by atoms with van der Waals surface area (Å²) in [5, 5.41) is 9.05. The molecule has 31 heavy (non-hydrogen) atoms. The first-order chi connectivity index (χ1) is 15.1. The highest BCUT2D eigenvalue weighted by atomic mass is 16.5. The maximum atomic E-state index is 11.0. The standard InChI is InChI=1S/C26H26N2O3/c29-26(30)21-10-6-19(7-11-21)15-27-17-23-14-22(27)18-28(23)16-20-8-12-25(13-9-20)31-24-4-2-1-3-5-24/h1-13,22-23H,14-18H2,(H,29,30)/t22-,23-/m0/s1. The van der Waals surface area contributed by atoms with E-state index in [2.05, 4.69) is 21.9 Å². The van der Waals surface area contributed by atoms with Gasteiger partial charge in [-0.15, -0.1) is 0 Å². The maximum Gasteiger partial charge on any atom is 0.335 e. The number of benzene rings is 3. The summed E-state index contributed by atoms with van der Waals surface area (Å²) in [7, 11) is 0. The van der Waals surface area contributed by atoms with Crippen LogP contribution in [0.15, 0.2) is 78.9 Å². The molecule has 1 N–H and O–H groups in total. The first-order valence-corrected chi connectivity index (χ1v) is 10.8. The molecule has 0 radical (unpaired) electrons. The number of hydrogen-bond acceptors (Lipinski definition) is 4. The number of hydrogen-bond donors (Lipinski definition) is 1. The molecule has 0 spiro atoms. The van der Waals surface area contributed by atoms with Crippen molar-refractivity contribution in [2.24, 2.45) is 0 Å². The molecule has 0 amide bonds. The van der Waals surface area contributed by atoms with E-state index in [4.69, 9.17) is 9.84 Å². The highest BCUT2D eigenvalue weighted by Crippen LogP contribution is 2.33. The Morgan fingerprint density at radius 2 is 1.29 bits per heavy atom. The average Bonchev–Trinajstić information content (AvgIpc) is 3.36. The summed E-state index contributed by atoms with van der Waals surface area (Å²) in [5.74, 6) is 0.838. The van der Waals surface area contributed by atoms with Gasteiger partial charge in [-0.25, -0.2) is 4.79 Å². The zero-order valence-electron chi connectivity index (χ0n) is 17.4. The third kappa shape index (κ3) is 4.48. The van der Waals surface area contributed by atoms with Gasteiger partial charge in [0.15, 0.2) is 0 Å². The number of carbonyl (C=O) groups is 1. The van der Waals surface area contributed by atoms with E-state index in [1.807, 2.05) is 54.6 Å². The molecular formula is C26H26N2O3. The van der Waals surface area contributed by atoms with Crippen molar-refractivity contribution in [1.82, 2.24) is 9.80 Å². The summed E-state index contributed by atoms with van der Waals surface area (Å²) in [6, 6.07) is 26.7. The van der Waals surface area contributed by atoms with Gasteiger partial charge in [-0.2, -0.15) is 0 Å². The summed E-state index contributed by atoms with van der Waals surface area (Å²) < 4.78 is 5.89. The number of fused-ring (bicyclic) bond motifs is 2. The van der Waals surface area contributed by atoms with Crippen LogP contribution in [0.5, 0.6) is 11.5 Å². The number of aromatic carboxylic acids is 1. The van der Waals surface area contributed by atoms with Crippen molar-refractivity contribution >= 4 is 5.97 Å². The Morgan fingerprint density at radius 3 is 1.81 bits per heavy atom. The van der Waals surface area contributed by atoms with Crippen LogP contribution in [-0.2, 0) is 13.1 Å². The average molecular weight is 415 g/mol. The smallest absolute Gasteiger partial charge is 0.335 e. The third-order valence-corrected chi connectivity index (χ3v) is 6.34. The Kier molecular flexibility index (Phi) is 5.45. The molecule has 5 rings (SSSR count). The molecule has 2 bridgehead atoms. The van der Waals surface area contributed by atoms with Crippen molar-refractivity contribution in [3.63, 3.8) is 0 Å². The van der Waals surface area contributed by atoms with Crippen LogP contribution in [0.2, 0.25) is 0 Å². The highest BCUT2D eigenvalue weighted by molar-refractivity contribution is 5.87. The molecule has 0 saturated carbocycles. The second-order valence-corrected chi connectivity index (χ2v) is 8.46. The molecule has 3 aromatic carbocycles. The number of likely N-dealkylation sites (tertiary alicyclic amines) is 2. The van der Waals surface area contributed by atoms with Gasteiger partial charge in [0.25, 0.3) is 0 Å². The predicted molar refractivity (Wildman–Crippen MR) is 119 cm³/mol. The number of rotatable bonds is 7. The minimum Gasteiger partial charge on any atom is -0.478 e. The van der Waals surface area contributed by atoms with E-state index in [9.17, 15) is 4.79 Å². The molecule has 158 valence electrons. The van der Waals surface area contributed by atoms with Crippen LogP contribution in [-0.4, -0.2) is 46.0 Å². The summed E-state index contributed by atoms with van der Waals surface area (Å²) in [6.07, 6.45) is 1.21. The first kappa shape index (κ1) is 19.8. The molecular weight excluding hydrogens is 388 g/mol. The Morgan fingerprint density at radius 1 is 0.774 bits per heavy atom. The lowest BCUT2D eigenvalue weighted by Crippen LogP contribution is -2.45. The monoisotopic (exact) mass is 414 g/mol. The number of nitrogens with zero attached hydrogens (tertiary/aromatic N) is 2. The molecule has 5 nitrogen and oxygen atoms in total. The van der Waals surface area contributed by atoms with Crippen LogP contribution in [0.3, 0.4) is 0 Å². The van der Waals surface area contributed by atoms with Gasteiger partial charge in [0.2, 0.25) is 0 Å². The van der Waals surface area contributed by atoms with Crippen LogP contribution in [0, 0.1) is 0 Å². The van der Waals surface area contributed by atoms with Gasteiger partial charge in [0, 0.05) is 38.3 Å². The van der Waals surface area contributed by atoms with Gasteiger partial charge in [-0.3, -0.25) is 9.80 Å². The van der Waals surface area contributed by atoms with Crippen molar-refractivity contribution in [2.75, 3.05) is 13.1 Å². The van der Waals surface area contributed by atoms with Gasteiger partial charge in [-0.1, -0.05) is 42.5 Å². The molecule has 0 aromatic heterocycles. The number of carboxylic acids is 1. The lowest BCUT2D eigenvalue weighted by Gasteiger charge is -2.34. The van der Waals surface area contributed by atoms with E-state index >= 15 is 0 Å². The van der Waals surface area contributed by atoms with Crippen molar-refractivity contribution < 1.29 is 14.6 Å². The molecule has 2 atom stereocenters. The second-order valence-electron chi connectivity index (χ2n) is 8.46.